The van der Waals surface area contributed by atoms with Gasteiger partial charge in [-0.2, -0.15) is 5.10 Å². The molecular formula is C13H20N4O. The molecule has 98 valence electrons. The summed E-state index contributed by atoms with van der Waals surface area (Å²) in [5, 5.41) is 7.57. The molecule has 0 bridgehead atoms. The third kappa shape index (κ3) is 2.61. The average molecular weight is 248 g/mol. The Hall–Kier alpha value is -1.62. The lowest BCUT2D eigenvalue weighted by molar-refractivity contribution is 0.481. The van der Waals surface area contributed by atoms with Crippen LogP contribution in [-0.2, 0) is 6.54 Å². The molecular weight excluding hydrogens is 228 g/mol. The quantitative estimate of drug-likeness (QED) is 0.865. The molecule has 2 rings (SSSR count). The van der Waals surface area contributed by atoms with Crippen molar-refractivity contribution in [1.29, 1.82) is 0 Å². The van der Waals surface area contributed by atoms with Crippen LogP contribution in [0.5, 0.6) is 0 Å². The van der Waals surface area contributed by atoms with Crippen molar-refractivity contribution in [1.82, 2.24) is 19.5 Å². The molecule has 2 aromatic rings. The maximum atomic E-state index is 12.2. The lowest BCUT2D eigenvalue weighted by atomic mass is 10.2. The Morgan fingerprint density at radius 3 is 2.94 bits per heavy atom. The highest BCUT2D eigenvalue weighted by atomic mass is 16.1. The fourth-order valence-electron chi connectivity index (χ4n) is 2.11. The average Bonchev–Trinajstić information content (AvgIpc) is 2.70. The van der Waals surface area contributed by atoms with E-state index in [9.17, 15) is 4.79 Å². The second-order valence-corrected chi connectivity index (χ2v) is 4.66. The van der Waals surface area contributed by atoms with Crippen LogP contribution in [-0.4, -0.2) is 26.8 Å². The largest absolute Gasteiger partial charge is 0.314 e. The summed E-state index contributed by atoms with van der Waals surface area (Å²) in [6.45, 7) is 7.80. The first kappa shape index (κ1) is 12.8. The molecule has 0 aliphatic carbocycles. The summed E-state index contributed by atoms with van der Waals surface area (Å²) in [6.07, 6.45) is 4.58. The second kappa shape index (κ2) is 5.35. The van der Waals surface area contributed by atoms with Crippen molar-refractivity contribution in [2.75, 3.05) is 6.54 Å². The van der Waals surface area contributed by atoms with Crippen LogP contribution < -0.4 is 10.9 Å². The number of aromatic nitrogens is 3. The Morgan fingerprint density at radius 1 is 1.44 bits per heavy atom. The van der Waals surface area contributed by atoms with E-state index in [2.05, 4.69) is 24.3 Å². The second-order valence-electron chi connectivity index (χ2n) is 4.66. The predicted octanol–water partition coefficient (Wildman–Crippen LogP) is 1.19. The molecule has 5 nitrogen and oxygen atoms in total. The van der Waals surface area contributed by atoms with Crippen LogP contribution in [0, 0.1) is 6.92 Å². The van der Waals surface area contributed by atoms with E-state index in [4.69, 9.17) is 0 Å². The Morgan fingerprint density at radius 2 is 2.22 bits per heavy atom. The highest BCUT2D eigenvalue weighted by Gasteiger charge is 2.06. The van der Waals surface area contributed by atoms with Crippen LogP contribution in [0.4, 0.5) is 0 Å². The molecule has 0 fully saturated rings. The summed E-state index contributed by atoms with van der Waals surface area (Å²) in [4.78, 5) is 12.2. The third-order valence-electron chi connectivity index (χ3n) is 3.08. The molecule has 0 aromatic carbocycles. The molecule has 0 amide bonds. The first-order valence-corrected chi connectivity index (χ1v) is 6.40. The lowest BCUT2D eigenvalue weighted by Crippen LogP contribution is -2.29. The number of aryl methyl sites for hydroxylation is 2. The molecule has 2 aromatic heterocycles. The van der Waals surface area contributed by atoms with Gasteiger partial charge in [0.15, 0.2) is 0 Å². The van der Waals surface area contributed by atoms with E-state index in [1.807, 2.05) is 19.2 Å². The SMILES string of the molecule is CCNC(C)CCn1ccn2nc(C)cc2c1=O. The van der Waals surface area contributed by atoms with Gasteiger partial charge in [0.05, 0.1) is 5.69 Å². The maximum Gasteiger partial charge on any atom is 0.276 e. The molecule has 18 heavy (non-hydrogen) atoms. The first-order chi connectivity index (χ1) is 8.61. The van der Waals surface area contributed by atoms with Gasteiger partial charge in [0.25, 0.3) is 5.56 Å². The Kier molecular flexibility index (Phi) is 3.81. The lowest BCUT2D eigenvalue weighted by Gasteiger charge is -2.13. The minimum Gasteiger partial charge on any atom is -0.314 e. The van der Waals surface area contributed by atoms with Gasteiger partial charge >= 0.3 is 0 Å². The van der Waals surface area contributed by atoms with E-state index >= 15 is 0 Å². The van der Waals surface area contributed by atoms with Crippen molar-refractivity contribution < 1.29 is 0 Å². The molecule has 1 unspecified atom stereocenters. The standard InChI is InChI=1S/C13H20N4O/c1-4-14-10(2)5-6-16-7-8-17-12(13(16)18)9-11(3)15-17/h7-10,14H,4-6H2,1-3H3. The van der Waals surface area contributed by atoms with Gasteiger partial charge in [-0.15, -0.1) is 0 Å². The minimum atomic E-state index is 0.0294. The molecule has 0 saturated heterocycles. The summed E-state index contributed by atoms with van der Waals surface area (Å²) in [6, 6.07) is 2.25. The van der Waals surface area contributed by atoms with Crippen molar-refractivity contribution in [3.63, 3.8) is 0 Å². The van der Waals surface area contributed by atoms with E-state index in [1.165, 1.54) is 0 Å². The zero-order valence-corrected chi connectivity index (χ0v) is 11.2. The van der Waals surface area contributed by atoms with Gasteiger partial charge in [0.1, 0.15) is 5.52 Å². The van der Waals surface area contributed by atoms with E-state index in [1.54, 1.807) is 15.3 Å². The predicted molar refractivity (Wildman–Crippen MR) is 71.9 cm³/mol. The van der Waals surface area contributed by atoms with Crippen LogP contribution in [0.3, 0.4) is 0 Å². The van der Waals surface area contributed by atoms with Crippen molar-refractivity contribution in [3.05, 3.63) is 34.5 Å². The summed E-state index contributed by atoms with van der Waals surface area (Å²) in [5.74, 6) is 0. The molecule has 0 radical (unpaired) electrons. The Balaban J connectivity index is 2.19. The number of hydrogen-bond donors (Lipinski definition) is 1. The topological polar surface area (TPSA) is 51.3 Å². The molecule has 5 heteroatoms. The highest BCUT2D eigenvalue weighted by molar-refractivity contribution is 5.44. The zero-order chi connectivity index (χ0) is 13.1. The van der Waals surface area contributed by atoms with Crippen LogP contribution >= 0.6 is 0 Å². The van der Waals surface area contributed by atoms with Crippen molar-refractivity contribution in [3.8, 4) is 0 Å². The van der Waals surface area contributed by atoms with Gasteiger partial charge in [-0.25, -0.2) is 4.52 Å². The van der Waals surface area contributed by atoms with Crippen molar-refractivity contribution in [2.24, 2.45) is 0 Å². The summed E-state index contributed by atoms with van der Waals surface area (Å²) in [7, 11) is 0. The summed E-state index contributed by atoms with van der Waals surface area (Å²) >= 11 is 0. The van der Waals surface area contributed by atoms with E-state index in [0.29, 0.717) is 11.6 Å². The molecule has 2 heterocycles. The number of fused-ring (bicyclic) bond motifs is 1. The molecule has 0 saturated carbocycles. The normalized spacial score (nSPS) is 13.1. The third-order valence-corrected chi connectivity index (χ3v) is 3.08. The van der Waals surface area contributed by atoms with Crippen molar-refractivity contribution >= 4 is 5.52 Å². The zero-order valence-electron chi connectivity index (χ0n) is 11.2. The molecule has 1 atom stereocenters. The van der Waals surface area contributed by atoms with Crippen LogP contribution in [0.25, 0.3) is 5.52 Å². The number of nitrogens with one attached hydrogen (secondary N) is 1. The van der Waals surface area contributed by atoms with Crippen LogP contribution in [0.15, 0.2) is 23.3 Å². The number of hydrogen-bond acceptors (Lipinski definition) is 3. The number of rotatable bonds is 5. The fraction of sp³-hybridized carbons (Fsp3) is 0.538. The van der Waals surface area contributed by atoms with E-state index in [0.717, 1.165) is 25.2 Å². The molecule has 0 aliphatic heterocycles. The van der Waals surface area contributed by atoms with Gasteiger partial charge in [0, 0.05) is 25.0 Å². The summed E-state index contributed by atoms with van der Waals surface area (Å²) in [5.41, 5.74) is 1.54. The van der Waals surface area contributed by atoms with Gasteiger partial charge < -0.3 is 9.88 Å². The Bertz CT molecular complexity index is 584. The fourth-order valence-corrected chi connectivity index (χ4v) is 2.11. The van der Waals surface area contributed by atoms with Gasteiger partial charge in [-0.1, -0.05) is 6.92 Å². The van der Waals surface area contributed by atoms with Crippen molar-refractivity contribution in [2.45, 2.75) is 39.8 Å². The van der Waals surface area contributed by atoms with Gasteiger partial charge in [-0.05, 0) is 32.9 Å². The molecule has 1 N–H and O–H groups in total. The maximum absolute atomic E-state index is 12.2. The van der Waals surface area contributed by atoms with Gasteiger partial charge in [0.2, 0.25) is 0 Å². The number of nitrogens with zero attached hydrogens (tertiary/aromatic N) is 3. The Labute approximate surface area is 106 Å². The van der Waals surface area contributed by atoms with Gasteiger partial charge in [-0.3, -0.25) is 4.79 Å². The highest BCUT2D eigenvalue weighted by Crippen LogP contribution is 2.01. The molecule has 0 spiro atoms. The summed E-state index contributed by atoms with van der Waals surface area (Å²) < 4.78 is 3.40. The minimum absolute atomic E-state index is 0.0294. The smallest absolute Gasteiger partial charge is 0.276 e. The van der Waals surface area contributed by atoms with E-state index in [-0.39, 0.29) is 5.56 Å². The monoisotopic (exact) mass is 248 g/mol. The van der Waals surface area contributed by atoms with Crippen LogP contribution in [0.2, 0.25) is 0 Å². The van der Waals surface area contributed by atoms with Crippen LogP contribution in [0.1, 0.15) is 26.0 Å². The molecule has 0 aliphatic rings. The first-order valence-electron chi connectivity index (χ1n) is 6.40. The van der Waals surface area contributed by atoms with E-state index < -0.39 is 0 Å².